The van der Waals surface area contributed by atoms with Gasteiger partial charge in [-0.15, -0.1) is 0 Å². The van der Waals surface area contributed by atoms with Gasteiger partial charge in [0.25, 0.3) is 0 Å². The van der Waals surface area contributed by atoms with Crippen molar-refractivity contribution in [1.82, 2.24) is 10.2 Å². The molecular formula is C15H27N3O2. The Hall–Kier alpha value is -1.12. The monoisotopic (exact) mass is 281 g/mol. The van der Waals surface area contributed by atoms with E-state index in [2.05, 4.69) is 16.3 Å². The first-order valence-corrected chi connectivity index (χ1v) is 7.50. The van der Waals surface area contributed by atoms with Crippen LogP contribution < -0.4 is 5.32 Å². The minimum atomic E-state index is -0.808. The normalized spacial score (nSPS) is 22.5. The molecule has 0 spiro atoms. The van der Waals surface area contributed by atoms with Crippen molar-refractivity contribution < 1.29 is 9.90 Å². The van der Waals surface area contributed by atoms with Gasteiger partial charge in [0.05, 0.1) is 12.6 Å². The summed E-state index contributed by atoms with van der Waals surface area (Å²) in [5.74, 6) is -0.0149. The van der Waals surface area contributed by atoms with E-state index in [1.165, 1.54) is 0 Å². The minimum absolute atomic E-state index is 0.0696. The van der Waals surface area contributed by atoms with E-state index >= 15 is 0 Å². The fourth-order valence-corrected chi connectivity index (χ4v) is 2.57. The van der Waals surface area contributed by atoms with Crippen molar-refractivity contribution in [3.05, 3.63) is 0 Å². The molecule has 0 aliphatic carbocycles. The lowest BCUT2D eigenvalue weighted by Gasteiger charge is -2.30. The second-order valence-corrected chi connectivity index (χ2v) is 6.15. The fraction of sp³-hybridized carbons (Fsp3) is 0.867. The molecule has 114 valence electrons. The van der Waals surface area contributed by atoms with E-state index in [-0.39, 0.29) is 18.4 Å². The van der Waals surface area contributed by atoms with Crippen molar-refractivity contribution in [3.8, 4) is 6.07 Å². The van der Waals surface area contributed by atoms with Gasteiger partial charge in [0, 0.05) is 12.6 Å². The van der Waals surface area contributed by atoms with Crippen LogP contribution in [0.15, 0.2) is 0 Å². The lowest BCUT2D eigenvalue weighted by molar-refractivity contribution is -0.124. The quantitative estimate of drug-likeness (QED) is 0.737. The van der Waals surface area contributed by atoms with Crippen LogP contribution in [0.2, 0.25) is 0 Å². The summed E-state index contributed by atoms with van der Waals surface area (Å²) in [4.78, 5) is 14.3. The Morgan fingerprint density at radius 2 is 2.30 bits per heavy atom. The van der Waals surface area contributed by atoms with Gasteiger partial charge < -0.3 is 10.4 Å². The Morgan fingerprint density at radius 1 is 1.60 bits per heavy atom. The van der Waals surface area contributed by atoms with Crippen LogP contribution in [0.3, 0.4) is 0 Å². The predicted octanol–water partition coefficient (Wildman–Crippen LogP) is 1.28. The number of aliphatic hydroxyl groups is 1. The molecule has 1 fully saturated rings. The lowest BCUT2D eigenvalue weighted by Crippen LogP contribution is -2.52. The number of aliphatic hydroxyl groups excluding tert-OH is 1. The van der Waals surface area contributed by atoms with E-state index in [1.807, 2.05) is 13.8 Å². The molecule has 2 N–H and O–H groups in total. The molecule has 0 aromatic carbocycles. The van der Waals surface area contributed by atoms with Crippen molar-refractivity contribution in [2.75, 3.05) is 19.7 Å². The number of hydrogen-bond donors (Lipinski definition) is 2. The number of carbonyl (C=O) groups is 1. The smallest absolute Gasteiger partial charge is 0.235 e. The molecule has 1 amide bonds. The molecule has 1 rings (SSSR count). The van der Waals surface area contributed by atoms with Gasteiger partial charge in [0.2, 0.25) is 5.91 Å². The molecule has 0 radical (unpaired) electrons. The summed E-state index contributed by atoms with van der Waals surface area (Å²) in [7, 11) is 0. The largest absolute Gasteiger partial charge is 0.396 e. The summed E-state index contributed by atoms with van der Waals surface area (Å²) in [6.07, 6.45) is 3.91. The molecule has 2 atom stereocenters. The minimum Gasteiger partial charge on any atom is -0.396 e. The number of nitrogens with zero attached hydrogens (tertiary/aromatic N) is 2. The molecule has 1 saturated heterocycles. The second kappa shape index (κ2) is 7.61. The third-order valence-corrected chi connectivity index (χ3v) is 4.33. The van der Waals surface area contributed by atoms with Crippen molar-refractivity contribution in [1.29, 1.82) is 5.26 Å². The summed E-state index contributed by atoms with van der Waals surface area (Å²) in [6.45, 7) is 7.11. The van der Waals surface area contributed by atoms with E-state index in [0.717, 1.165) is 32.2 Å². The van der Waals surface area contributed by atoms with Gasteiger partial charge in [0.15, 0.2) is 0 Å². The molecule has 5 heteroatoms. The summed E-state index contributed by atoms with van der Waals surface area (Å²) in [5.41, 5.74) is -0.808. The van der Waals surface area contributed by atoms with Crippen LogP contribution in [0.25, 0.3) is 0 Å². The summed E-state index contributed by atoms with van der Waals surface area (Å²) < 4.78 is 0. The molecule has 0 aromatic rings. The highest BCUT2D eigenvalue weighted by Crippen LogP contribution is 2.21. The highest BCUT2D eigenvalue weighted by Gasteiger charge is 2.32. The van der Waals surface area contributed by atoms with E-state index < -0.39 is 5.54 Å². The summed E-state index contributed by atoms with van der Waals surface area (Å²) >= 11 is 0. The van der Waals surface area contributed by atoms with Gasteiger partial charge in [-0.2, -0.15) is 5.26 Å². The van der Waals surface area contributed by atoms with Crippen LogP contribution in [0.1, 0.15) is 46.5 Å². The maximum Gasteiger partial charge on any atom is 0.235 e. The van der Waals surface area contributed by atoms with Crippen LogP contribution in [0.4, 0.5) is 0 Å². The third kappa shape index (κ3) is 4.46. The van der Waals surface area contributed by atoms with Crippen molar-refractivity contribution in [2.45, 2.75) is 58.0 Å². The number of nitriles is 1. The Labute approximate surface area is 122 Å². The number of carbonyl (C=O) groups excluding carboxylic acids is 1. The van der Waals surface area contributed by atoms with Crippen molar-refractivity contribution in [2.24, 2.45) is 5.92 Å². The highest BCUT2D eigenvalue weighted by atomic mass is 16.3. The maximum absolute atomic E-state index is 12.1. The van der Waals surface area contributed by atoms with Crippen molar-refractivity contribution in [3.63, 3.8) is 0 Å². The van der Waals surface area contributed by atoms with Crippen LogP contribution in [0, 0.1) is 17.2 Å². The van der Waals surface area contributed by atoms with Crippen LogP contribution >= 0.6 is 0 Å². The molecule has 0 saturated carbocycles. The van der Waals surface area contributed by atoms with Gasteiger partial charge in [-0.25, -0.2) is 0 Å². The van der Waals surface area contributed by atoms with E-state index in [0.29, 0.717) is 12.6 Å². The molecule has 1 heterocycles. The Kier molecular flexibility index (Phi) is 6.44. The SMILES string of the molecule is CC(C)C(C)(C#N)NC(=O)CN1CCCC1CCCO. The first kappa shape index (κ1) is 16.9. The molecule has 2 unspecified atom stereocenters. The van der Waals surface area contributed by atoms with Crippen LogP contribution in [-0.2, 0) is 4.79 Å². The fourth-order valence-electron chi connectivity index (χ4n) is 2.57. The topological polar surface area (TPSA) is 76.4 Å². The van der Waals surface area contributed by atoms with Gasteiger partial charge in [-0.05, 0) is 45.1 Å². The standard InChI is InChI=1S/C15H27N3O2/c1-12(2)15(3,11-16)17-14(20)10-18-8-4-6-13(18)7-5-9-19/h12-13,19H,4-10H2,1-3H3,(H,17,20). The molecule has 1 aliphatic rings. The average Bonchev–Trinajstić information content (AvgIpc) is 2.82. The Balaban J connectivity index is 2.51. The second-order valence-electron chi connectivity index (χ2n) is 6.15. The Morgan fingerprint density at radius 3 is 2.85 bits per heavy atom. The number of rotatable bonds is 7. The zero-order chi connectivity index (χ0) is 15.2. The third-order valence-electron chi connectivity index (χ3n) is 4.33. The number of nitrogens with one attached hydrogen (secondary N) is 1. The molecule has 1 aliphatic heterocycles. The molecule has 20 heavy (non-hydrogen) atoms. The summed E-state index contributed by atoms with van der Waals surface area (Å²) in [5, 5.41) is 21.0. The van der Waals surface area contributed by atoms with Gasteiger partial charge >= 0.3 is 0 Å². The number of likely N-dealkylation sites (tertiary alicyclic amines) is 1. The average molecular weight is 281 g/mol. The maximum atomic E-state index is 12.1. The highest BCUT2D eigenvalue weighted by molar-refractivity contribution is 5.79. The number of amides is 1. The van der Waals surface area contributed by atoms with Crippen LogP contribution in [0.5, 0.6) is 0 Å². The van der Waals surface area contributed by atoms with E-state index in [1.54, 1.807) is 6.92 Å². The van der Waals surface area contributed by atoms with Crippen molar-refractivity contribution >= 4 is 5.91 Å². The van der Waals surface area contributed by atoms with E-state index in [4.69, 9.17) is 5.11 Å². The summed E-state index contributed by atoms with van der Waals surface area (Å²) in [6, 6.07) is 2.58. The van der Waals surface area contributed by atoms with E-state index in [9.17, 15) is 10.1 Å². The first-order chi connectivity index (χ1) is 9.42. The lowest BCUT2D eigenvalue weighted by atomic mass is 9.90. The van der Waals surface area contributed by atoms with Gasteiger partial charge in [0.1, 0.15) is 5.54 Å². The molecule has 5 nitrogen and oxygen atoms in total. The molecule has 0 bridgehead atoms. The first-order valence-electron chi connectivity index (χ1n) is 7.50. The predicted molar refractivity (Wildman–Crippen MR) is 77.9 cm³/mol. The zero-order valence-electron chi connectivity index (χ0n) is 12.9. The molecule has 0 aromatic heterocycles. The van der Waals surface area contributed by atoms with Crippen LogP contribution in [-0.4, -0.2) is 47.2 Å². The zero-order valence-corrected chi connectivity index (χ0v) is 12.9. The van der Waals surface area contributed by atoms with Gasteiger partial charge in [-0.3, -0.25) is 9.69 Å². The number of hydrogen-bond acceptors (Lipinski definition) is 4. The van der Waals surface area contributed by atoms with Gasteiger partial charge in [-0.1, -0.05) is 13.8 Å². The molecular weight excluding hydrogens is 254 g/mol. The Bertz CT molecular complexity index is 365.